The molecule has 0 spiro atoms. The van der Waals surface area contributed by atoms with E-state index < -0.39 is 0 Å². The van der Waals surface area contributed by atoms with Crippen molar-refractivity contribution < 1.29 is 0 Å². The minimum absolute atomic E-state index is 0.403. The molecule has 2 heteroatoms. The van der Waals surface area contributed by atoms with Crippen molar-refractivity contribution in [1.82, 2.24) is 4.90 Å². The SMILES string of the molecule is N[C@@H]1CCCC[C@@H]1N1CCc2ccccc2CC1. The molecule has 0 radical (unpaired) electrons. The van der Waals surface area contributed by atoms with Gasteiger partial charge in [-0.25, -0.2) is 0 Å². The summed E-state index contributed by atoms with van der Waals surface area (Å²) in [4.78, 5) is 2.66. The third kappa shape index (κ3) is 2.45. The number of hydrogen-bond acceptors (Lipinski definition) is 2. The first kappa shape index (κ1) is 12.2. The molecule has 2 nitrogen and oxygen atoms in total. The van der Waals surface area contributed by atoms with Crippen LogP contribution in [0.15, 0.2) is 24.3 Å². The Morgan fingerprint density at radius 2 is 1.56 bits per heavy atom. The summed E-state index contributed by atoms with van der Waals surface area (Å²) in [6, 6.07) is 9.95. The van der Waals surface area contributed by atoms with E-state index in [0.29, 0.717) is 12.1 Å². The lowest BCUT2D eigenvalue weighted by Crippen LogP contribution is -2.50. The summed E-state index contributed by atoms with van der Waals surface area (Å²) in [5.74, 6) is 0. The van der Waals surface area contributed by atoms with Crippen molar-refractivity contribution >= 4 is 0 Å². The standard InChI is InChI=1S/C16H24N2/c17-15-7-3-4-8-16(15)18-11-9-13-5-1-2-6-14(13)10-12-18/h1-2,5-6,15-16H,3-4,7-12,17H2/t15-,16+/m1/s1. The Balaban J connectivity index is 1.70. The molecule has 3 rings (SSSR count). The quantitative estimate of drug-likeness (QED) is 0.821. The van der Waals surface area contributed by atoms with Gasteiger partial charge in [-0.3, -0.25) is 4.90 Å². The van der Waals surface area contributed by atoms with E-state index in [2.05, 4.69) is 29.2 Å². The molecule has 1 aliphatic carbocycles. The highest BCUT2D eigenvalue weighted by molar-refractivity contribution is 5.28. The normalized spacial score (nSPS) is 29.6. The molecule has 0 bridgehead atoms. The summed E-state index contributed by atoms with van der Waals surface area (Å²) >= 11 is 0. The second-order valence-electron chi connectivity index (χ2n) is 5.82. The molecule has 1 saturated carbocycles. The van der Waals surface area contributed by atoms with E-state index in [1.165, 1.54) is 51.6 Å². The molecule has 2 aliphatic rings. The first-order valence-electron chi connectivity index (χ1n) is 7.41. The summed E-state index contributed by atoms with van der Waals surface area (Å²) in [5, 5.41) is 0. The topological polar surface area (TPSA) is 29.3 Å². The fourth-order valence-corrected chi connectivity index (χ4v) is 3.61. The van der Waals surface area contributed by atoms with E-state index in [4.69, 9.17) is 5.73 Å². The maximum Gasteiger partial charge on any atom is 0.0247 e. The van der Waals surface area contributed by atoms with Crippen LogP contribution in [0.5, 0.6) is 0 Å². The van der Waals surface area contributed by atoms with Crippen LogP contribution in [0.25, 0.3) is 0 Å². The van der Waals surface area contributed by atoms with E-state index >= 15 is 0 Å². The highest BCUT2D eigenvalue weighted by Gasteiger charge is 2.28. The molecule has 98 valence electrons. The fraction of sp³-hybridized carbons (Fsp3) is 0.625. The van der Waals surface area contributed by atoms with Crippen LogP contribution in [0.4, 0.5) is 0 Å². The molecule has 1 heterocycles. The molecular formula is C16H24N2. The lowest BCUT2D eigenvalue weighted by atomic mass is 9.89. The van der Waals surface area contributed by atoms with Crippen LogP contribution >= 0.6 is 0 Å². The maximum atomic E-state index is 6.32. The Labute approximate surface area is 110 Å². The molecule has 0 unspecified atom stereocenters. The van der Waals surface area contributed by atoms with Gasteiger partial charge in [-0.1, -0.05) is 37.1 Å². The Morgan fingerprint density at radius 1 is 0.944 bits per heavy atom. The second-order valence-corrected chi connectivity index (χ2v) is 5.82. The molecular weight excluding hydrogens is 220 g/mol. The van der Waals surface area contributed by atoms with Crippen molar-refractivity contribution in [2.45, 2.75) is 50.6 Å². The Bertz CT molecular complexity index is 375. The minimum Gasteiger partial charge on any atom is -0.326 e. The zero-order valence-electron chi connectivity index (χ0n) is 11.1. The van der Waals surface area contributed by atoms with Crippen LogP contribution in [0, 0.1) is 0 Å². The van der Waals surface area contributed by atoms with Crippen LogP contribution < -0.4 is 5.73 Å². The van der Waals surface area contributed by atoms with Crippen LogP contribution in [-0.4, -0.2) is 30.1 Å². The Morgan fingerprint density at radius 3 is 2.17 bits per heavy atom. The van der Waals surface area contributed by atoms with Crippen molar-refractivity contribution in [2.24, 2.45) is 5.73 Å². The minimum atomic E-state index is 0.403. The molecule has 2 N–H and O–H groups in total. The van der Waals surface area contributed by atoms with Gasteiger partial charge in [-0.05, 0) is 36.8 Å². The predicted octanol–water partition coefficient (Wildman–Crippen LogP) is 2.36. The van der Waals surface area contributed by atoms with Gasteiger partial charge in [0.2, 0.25) is 0 Å². The van der Waals surface area contributed by atoms with Crippen LogP contribution in [-0.2, 0) is 12.8 Å². The van der Waals surface area contributed by atoms with E-state index in [1.807, 2.05) is 0 Å². The van der Waals surface area contributed by atoms with Crippen LogP contribution in [0.2, 0.25) is 0 Å². The van der Waals surface area contributed by atoms with E-state index in [9.17, 15) is 0 Å². The van der Waals surface area contributed by atoms with Gasteiger partial charge in [0.1, 0.15) is 0 Å². The third-order valence-electron chi connectivity index (χ3n) is 4.71. The average Bonchev–Trinajstić information content (AvgIpc) is 2.62. The number of fused-ring (bicyclic) bond motifs is 1. The molecule has 1 fully saturated rings. The van der Waals surface area contributed by atoms with Gasteiger partial charge < -0.3 is 5.73 Å². The lowest BCUT2D eigenvalue weighted by Gasteiger charge is -2.37. The summed E-state index contributed by atoms with van der Waals surface area (Å²) < 4.78 is 0. The zero-order chi connectivity index (χ0) is 12.4. The molecule has 1 aromatic carbocycles. The summed E-state index contributed by atoms with van der Waals surface area (Å²) in [5.41, 5.74) is 9.42. The first-order valence-corrected chi connectivity index (χ1v) is 7.41. The molecule has 0 aromatic heterocycles. The van der Waals surface area contributed by atoms with Crippen LogP contribution in [0.1, 0.15) is 36.8 Å². The number of benzene rings is 1. The highest BCUT2D eigenvalue weighted by atomic mass is 15.2. The van der Waals surface area contributed by atoms with Gasteiger partial charge in [0, 0.05) is 25.2 Å². The predicted molar refractivity (Wildman–Crippen MR) is 75.7 cm³/mol. The van der Waals surface area contributed by atoms with Gasteiger partial charge >= 0.3 is 0 Å². The second kappa shape index (κ2) is 5.41. The van der Waals surface area contributed by atoms with Gasteiger partial charge in [-0.15, -0.1) is 0 Å². The first-order chi connectivity index (χ1) is 8.84. The lowest BCUT2D eigenvalue weighted by molar-refractivity contribution is 0.143. The number of hydrogen-bond donors (Lipinski definition) is 1. The Hall–Kier alpha value is -0.860. The van der Waals surface area contributed by atoms with E-state index in [1.54, 1.807) is 11.1 Å². The maximum absolute atomic E-state index is 6.32. The number of nitrogens with two attached hydrogens (primary N) is 1. The monoisotopic (exact) mass is 244 g/mol. The van der Waals surface area contributed by atoms with Gasteiger partial charge in [0.05, 0.1) is 0 Å². The van der Waals surface area contributed by atoms with Gasteiger partial charge in [-0.2, -0.15) is 0 Å². The molecule has 1 aromatic rings. The molecule has 2 atom stereocenters. The number of rotatable bonds is 1. The summed E-state index contributed by atoms with van der Waals surface area (Å²) in [7, 11) is 0. The smallest absolute Gasteiger partial charge is 0.0247 e. The zero-order valence-corrected chi connectivity index (χ0v) is 11.1. The van der Waals surface area contributed by atoms with Crippen LogP contribution in [0.3, 0.4) is 0 Å². The third-order valence-corrected chi connectivity index (χ3v) is 4.71. The van der Waals surface area contributed by atoms with Crippen molar-refractivity contribution in [1.29, 1.82) is 0 Å². The summed E-state index contributed by atoms with van der Waals surface area (Å²) in [6.07, 6.45) is 7.60. The average molecular weight is 244 g/mol. The molecule has 18 heavy (non-hydrogen) atoms. The van der Waals surface area contributed by atoms with Crippen molar-refractivity contribution in [3.63, 3.8) is 0 Å². The van der Waals surface area contributed by atoms with E-state index in [-0.39, 0.29) is 0 Å². The van der Waals surface area contributed by atoms with Gasteiger partial charge in [0.25, 0.3) is 0 Å². The molecule has 0 amide bonds. The largest absolute Gasteiger partial charge is 0.326 e. The fourth-order valence-electron chi connectivity index (χ4n) is 3.61. The molecule has 1 aliphatic heterocycles. The van der Waals surface area contributed by atoms with E-state index in [0.717, 1.165) is 0 Å². The Kier molecular flexibility index (Phi) is 3.67. The molecule has 0 saturated heterocycles. The van der Waals surface area contributed by atoms with Gasteiger partial charge in [0.15, 0.2) is 0 Å². The number of nitrogens with zero attached hydrogens (tertiary/aromatic N) is 1. The summed E-state index contributed by atoms with van der Waals surface area (Å²) in [6.45, 7) is 2.38. The van der Waals surface area contributed by atoms with Crippen molar-refractivity contribution in [3.8, 4) is 0 Å². The highest BCUT2D eigenvalue weighted by Crippen LogP contribution is 2.24. The van der Waals surface area contributed by atoms with Crippen molar-refractivity contribution in [2.75, 3.05) is 13.1 Å². The van der Waals surface area contributed by atoms with Crippen molar-refractivity contribution in [3.05, 3.63) is 35.4 Å².